The monoisotopic (exact) mass is 263 g/mol. The second kappa shape index (κ2) is 5.57. The zero-order valence-corrected chi connectivity index (χ0v) is 11.5. The highest BCUT2D eigenvalue weighted by molar-refractivity contribution is 5.94. The summed E-state index contributed by atoms with van der Waals surface area (Å²) in [4.78, 5) is 26.3. The number of hydrogen-bond donors (Lipinski definition) is 1. The van der Waals surface area contributed by atoms with Crippen LogP contribution in [0.4, 0.5) is 0 Å². The molecule has 5 nitrogen and oxygen atoms in total. The van der Waals surface area contributed by atoms with Crippen molar-refractivity contribution in [2.24, 2.45) is 18.7 Å². The number of carbonyl (C=O) groups is 1. The predicted octanol–water partition coefficient (Wildman–Crippen LogP) is 0.585. The lowest BCUT2D eigenvalue weighted by Crippen LogP contribution is -2.52. The molecular weight excluding hydrogens is 242 g/mol. The van der Waals surface area contributed by atoms with Gasteiger partial charge in [0.1, 0.15) is 5.56 Å². The number of aryl methyl sites for hydroxylation is 1. The molecule has 0 aromatic carbocycles. The number of carbonyl (C=O) groups excluding carboxylic acids is 1. The van der Waals surface area contributed by atoms with Crippen LogP contribution in [-0.4, -0.2) is 34.5 Å². The van der Waals surface area contributed by atoms with Crippen LogP contribution in [0.3, 0.4) is 0 Å². The van der Waals surface area contributed by atoms with Crippen molar-refractivity contribution in [2.45, 2.75) is 25.8 Å². The fourth-order valence-electron chi connectivity index (χ4n) is 2.78. The molecule has 19 heavy (non-hydrogen) atoms. The van der Waals surface area contributed by atoms with E-state index in [9.17, 15) is 9.59 Å². The van der Waals surface area contributed by atoms with Gasteiger partial charge in [0.05, 0.1) is 0 Å². The first-order valence-electron chi connectivity index (χ1n) is 6.73. The first kappa shape index (κ1) is 13.8. The Morgan fingerprint density at radius 3 is 2.95 bits per heavy atom. The lowest BCUT2D eigenvalue weighted by Gasteiger charge is -2.39. The van der Waals surface area contributed by atoms with Gasteiger partial charge in [0.15, 0.2) is 0 Å². The lowest BCUT2D eigenvalue weighted by atomic mass is 9.90. The molecule has 1 aliphatic heterocycles. The maximum Gasteiger partial charge on any atom is 0.263 e. The summed E-state index contributed by atoms with van der Waals surface area (Å²) in [6.07, 6.45) is 3.70. The van der Waals surface area contributed by atoms with Gasteiger partial charge in [-0.3, -0.25) is 9.59 Å². The first-order chi connectivity index (χ1) is 9.06. The van der Waals surface area contributed by atoms with Gasteiger partial charge in [-0.05, 0) is 30.9 Å². The number of likely N-dealkylation sites (tertiary alicyclic amines) is 1. The van der Waals surface area contributed by atoms with Crippen molar-refractivity contribution in [2.75, 3.05) is 13.1 Å². The van der Waals surface area contributed by atoms with E-state index in [4.69, 9.17) is 5.73 Å². The van der Waals surface area contributed by atoms with Crippen LogP contribution in [-0.2, 0) is 7.05 Å². The molecule has 2 rings (SSSR count). The molecular formula is C14H21N3O2. The molecule has 1 aromatic rings. The Bertz CT molecular complexity index is 524. The summed E-state index contributed by atoms with van der Waals surface area (Å²) >= 11 is 0. The second-order valence-corrected chi connectivity index (χ2v) is 5.26. The quantitative estimate of drug-likeness (QED) is 0.849. The molecule has 1 fully saturated rings. The fraction of sp³-hybridized carbons (Fsp3) is 0.571. The standard InChI is InChI=1S/C14H21N3O2/c1-10-5-3-8-17(12(10)9-15)14(19)11-6-4-7-16(2)13(11)18/h4,6-7,10,12H,3,5,8-9,15H2,1-2H3. The van der Waals surface area contributed by atoms with Gasteiger partial charge in [-0.15, -0.1) is 0 Å². The second-order valence-electron chi connectivity index (χ2n) is 5.26. The van der Waals surface area contributed by atoms with E-state index in [2.05, 4.69) is 6.92 Å². The highest BCUT2D eigenvalue weighted by atomic mass is 16.2. The van der Waals surface area contributed by atoms with Gasteiger partial charge in [-0.1, -0.05) is 6.92 Å². The Morgan fingerprint density at radius 2 is 2.26 bits per heavy atom. The van der Waals surface area contributed by atoms with Crippen LogP contribution in [0.2, 0.25) is 0 Å². The van der Waals surface area contributed by atoms with E-state index < -0.39 is 0 Å². The number of rotatable bonds is 2. The number of nitrogens with two attached hydrogens (primary N) is 1. The van der Waals surface area contributed by atoms with Crippen molar-refractivity contribution in [1.29, 1.82) is 0 Å². The Balaban J connectivity index is 2.32. The summed E-state index contributed by atoms with van der Waals surface area (Å²) in [6, 6.07) is 3.35. The van der Waals surface area contributed by atoms with Gasteiger partial charge >= 0.3 is 0 Å². The van der Waals surface area contributed by atoms with Crippen molar-refractivity contribution >= 4 is 5.91 Å². The summed E-state index contributed by atoms with van der Waals surface area (Å²) in [5.74, 6) is 0.193. The smallest absolute Gasteiger partial charge is 0.263 e. The SMILES string of the molecule is CC1CCCN(C(=O)c2cccn(C)c2=O)C1CN. The molecule has 1 saturated heterocycles. The Labute approximate surface area is 113 Å². The van der Waals surface area contributed by atoms with Gasteiger partial charge < -0.3 is 15.2 Å². The molecule has 104 valence electrons. The molecule has 2 atom stereocenters. The Morgan fingerprint density at radius 1 is 1.53 bits per heavy atom. The van der Waals surface area contributed by atoms with Crippen LogP contribution < -0.4 is 11.3 Å². The van der Waals surface area contributed by atoms with E-state index in [-0.39, 0.29) is 23.1 Å². The largest absolute Gasteiger partial charge is 0.334 e. The molecule has 0 radical (unpaired) electrons. The summed E-state index contributed by atoms with van der Waals surface area (Å²) in [5, 5.41) is 0. The molecule has 2 N–H and O–H groups in total. The minimum absolute atomic E-state index is 0.0335. The third kappa shape index (κ3) is 2.56. The van der Waals surface area contributed by atoms with Crippen molar-refractivity contribution < 1.29 is 4.79 Å². The van der Waals surface area contributed by atoms with Crippen molar-refractivity contribution in [3.8, 4) is 0 Å². The molecule has 1 aliphatic rings. The molecule has 2 heterocycles. The van der Waals surface area contributed by atoms with E-state index in [1.165, 1.54) is 4.57 Å². The number of pyridine rings is 1. The van der Waals surface area contributed by atoms with E-state index in [1.807, 2.05) is 0 Å². The average Bonchev–Trinajstić information content (AvgIpc) is 2.41. The maximum absolute atomic E-state index is 12.5. The zero-order chi connectivity index (χ0) is 14.0. The lowest BCUT2D eigenvalue weighted by molar-refractivity contribution is 0.0530. The maximum atomic E-state index is 12.5. The topological polar surface area (TPSA) is 68.3 Å². The molecule has 0 bridgehead atoms. The van der Waals surface area contributed by atoms with Crippen molar-refractivity contribution in [1.82, 2.24) is 9.47 Å². The Hall–Kier alpha value is -1.62. The molecule has 0 aliphatic carbocycles. The van der Waals surface area contributed by atoms with Crippen LogP contribution >= 0.6 is 0 Å². The average molecular weight is 263 g/mol. The normalized spacial score (nSPS) is 23.4. The molecule has 0 saturated carbocycles. The number of hydrogen-bond acceptors (Lipinski definition) is 3. The summed E-state index contributed by atoms with van der Waals surface area (Å²) < 4.78 is 1.43. The number of nitrogens with zero attached hydrogens (tertiary/aromatic N) is 2. The van der Waals surface area contributed by atoms with Gasteiger partial charge in [-0.25, -0.2) is 0 Å². The molecule has 0 spiro atoms. The van der Waals surface area contributed by atoms with Crippen LogP contribution in [0.25, 0.3) is 0 Å². The van der Waals surface area contributed by atoms with Crippen LogP contribution in [0.1, 0.15) is 30.1 Å². The first-order valence-corrected chi connectivity index (χ1v) is 6.73. The Kier molecular flexibility index (Phi) is 4.04. The van der Waals surface area contributed by atoms with E-state index >= 15 is 0 Å². The van der Waals surface area contributed by atoms with Gasteiger partial charge in [0, 0.05) is 32.4 Å². The molecule has 1 amide bonds. The number of piperidine rings is 1. The van der Waals surface area contributed by atoms with Gasteiger partial charge in [-0.2, -0.15) is 0 Å². The third-order valence-corrected chi connectivity index (χ3v) is 3.97. The fourth-order valence-corrected chi connectivity index (χ4v) is 2.78. The van der Waals surface area contributed by atoms with E-state index in [0.717, 1.165) is 12.8 Å². The van der Waals surface area contributed by atoms with Crippen LogP contribution in [0.5, 0.6) is 0 Å². The summed E-state index contributed by atoms with van der Waals surface area (Å²) in [5.41, 5.74) is 5.78. The molecule has 2 unspecified atom stereocenters. The number of aromatic nitrogens is 1. The van der Waals surface area contributed by atoms with Crippen molar-refractivity contribution in [3.05, 3.63) is 34.2 Å². The highest BCUT2D eigenvalue weighted by Gasteiger charge is 2.32. The van der Waals surface area contributed by atoms with Gasteiger partial charge in [0.2, 0.25) is 0 Å². The molecule has 5 heteroatoms. The van der Waals surface area contributed by atoms with Crippen molar-refractivity contribution in [3.63, 3.8) is 0 Å². The summed E-state index contributed by atoms with van der Waals surface area (Å²) in [7, 11) is 1.65. The third-order valence-electron chi connectivity index (χ3n) is 3.97. The highest BCUT2D eigenvalue weighted by Crippen LogP contribution is 2.23. The minimum Gasteiger partial charge on any atom is -0.334 e. The van der Waals surface area contributed by atoms with Gasteiger partial charge in [0.25, 0.3) is 11.5 Å². The van der Waals surface area contributed by atoms with E-state index in [0.29, 0.717) is 19.0 Å². The molecule has 1 aromatic heterocycles. The summed E-state index contributed by atoms with van der Waals surface area (Å²) in [6.45, 7) is 3.24. The zero-order valence-electron chi connectivity index (χ0n) is 11.5. The van der Waals surface area contributed by atoms with E-state index in [1.54, 1.807) is 30.3 Å². The predicted molar refractivity (Wildman–Crippen MR) is 74.0 cm³/mol. The number of amides is 1. The van der Waals surface area contributed by atoms with Crippen LogP contribution in [0.15, 0.2) is 23.1 Å². The minimum atomic E-state index is -0.249. The van der Waals surface area contributed by atoms with Crippen LogP contribution in [0, 0.1) is 5.92 Å².